The lowest BCUT2D eigenvalue weighted by molar-refractivity contribution is -0.121. The number of aromatic nitrogens is 2. The van der Waals surface area contributed by atoms with Crippen LogP contribution in [0.15, 0.2) is 41.7 Å². The molecule has 0 bridgehead atoms. The number of carbonyl (C=O) groups is 1. The molecule has 1 aromatic carbocycles. The van der Waals surface area contributed by atoms with Crippen molar-refractivity contribution in [3.8, 4) is 5.75 Å². The van der Waals surface area contributed by atoms with Crippen LogP contribution in [0, 0.1) is 0 Å². The molecule has 1 aromatic heterocycles. The van der Waals surface area contributed by atoms with E-state index in [0.717, 1.165) is 42.5 Å². The van der Waals surface area contributed by atoms with Gasteiger partial charge in [0, 0.05) is 52.0 Å². The van der Waals surface area contributed by atoms with E-state index in [-0.39, 0.29) is 12.5 Å². The van der Waals surface area contributed by atoms with Crippen LogP contribution in [0.25, 0.3) is 0 Å². The monoisotopic (exact) mass is 384 g/mol. The molecule has 0 radical (unpaired) electrons. The van der Waals surface area contributed by atoms with Gasteiger partial charge in [0.15, 0.2) is 12.6 Å². The number of ether oxygens (including phenoxy) is 1. The van der Waals surface area contributed by atoms with Crippen LogP contribution in [0.5, 0.6) is 5.75 Å². The normalized spacial score (nSPS) is 13.9. The maximum absolute atomic E-state index is 12.2. The van der Waals surface area contributed by atoms with Crippen LogP contribution in [-0.2, 0) is 18.4 Å². The zero-order valence-electron chi connectivity index (χ0n) is 16.8. The zero-order chi connectivity index (χ0) is 19.9. The predicted octanol–water partition coefficient (Wildman–Crippen LogP) is 1.63. The summed E-state index contributed by atoms with van der Waals surface area (Å²) in [6, 6.07) is 7.64. The molecule has 8 heteroatoms. The first kappa shape index (κ1) is 19.7. The minimum absolute atomic E-state index is 0.0109. The standard InChI is InChI=1S/C20H28N6O2/c1-4-21-20(24(2)13-16-12-23-25(3)14-16)22-10-7-11-26-17-8-5-6-9-18(17)28-15-19(26)27/h5-6,8-9,12,14H,4,7,10-11,13,15H2,1-3H3,(H,21,22). The predicted molar refractivity (Wildman–Crippen MR) is 110 cm³/mol. The second kappa shape index (κ2) is 9.25. The lowest BCUT2D eigenvalue weighted by Gasteiger charge is -2.29. The number of amides is 1. The molecule has 3 rings (SSSR count). The number of anilines is 1. The Morgan fingerprint density at radius 1 is 1.39 bits per heavy atom. The summed E-state index contributed by atoms with van der Waals surface area (Å²) in [7, 11) is 3.92. The smallest absolute Gasteiger partial charge is 0.265 e. The van der Waals surface area contributed by atoms with E-state index >= 15 is 0 Å². The number of guanidine groups is 1. The van der Waals surface area contributed by atoms with E-state index in [1.54, 1.807) is 9.58 Å². The third-order valence-corrected chi connectivity index (χ3v) is 4.48. The van der Waals surface area contributed by atoms with Gasteiger partial charge >= 0.3 is 0 Å². The number of aliphatic imine (C=N–C) groups is 1. The highest BCUT2D eigenvalue weighted by Crippen LogP contribution is 2.31. The fraction of sp³-hybridized carbons (Fsp3) is 0.450. The van der Waals surface area contributed by atoms with Gasteiger partial charge in [-0.3, -0.25) is 14.5 Å². The lowest BCUT2D eigenvalue weighted by atomic mass is 10.2. The second-order valence-electron chi connectivity index (χ2n) is 6.77. The fourth-order valence-electron chi connectivity index (χ4n) is 3.18. The molecule has 8 nitrogen and oxygen atoms in total. The molecule has 0 fully saturated rings. The van der Waals surface area contributed by atoms with Crippen molar-refractivity contribution < 1.29 is 9.53 Å². The summed E-state index contributed by atoms with van der Waals surface area (Å²) < 4.78 is 7.29. The van der Waals surface area contributed by atoms with Gasteiger partial charge in [-0.05, 0) is 25.5 Å². The van der Waals surface area contributed by atoms with Gasteiger partial charge < -0.3 is 19.9 Å². The van der Waals surface area contributed by atoms with Crippen molar-refractivity contribution in [1.29, 1.82) is 0 Å². The molecule has 0 unspecified atom stereocenters. The van der Waals surface area contributed by atoms with E-state index in [2.05, 4.69) is 22.2 Å². The van der Waals surface area contributed by atoms with E-state index < -0.39 is 0 Å². The number of benzene rings is 1. The van der Waals surface area contributed by atoms with Crippen LogP contribution in [0.1, 0.15) is 18.9 Å². The Kier molecular flexibility index (Phi) is 6.52. The van der Waals surface area contributed by atoms with Crippen LogP contribution in [0.3, 0.4) is 0 Å². The van der Waals surface area contributed by atoms with Crippen LogP contribution in [0.4, 0.5) is 5.69 Å². The number of nitrogens with zero attached hydrogens (tertiary/aromatic N) is 5. The molecule has 1 aliphatic heterocycles. The summed E-state index contributed by atoms with van der Waals surface area (Å²) >= 11 is 0. The van der Waals surface area contributed by atoms with Gasteiger partial charge in [0.05, 0.1) is 11.9 Å². The first-order valence-corrected chi connectivity index (χ1v) is 9.57. The molecule has 0 saturated carbocycles. The molecule has 150 valence electrons. The molecule has 1 amide bonds. The molecule has 0 saturated heterocycles. The number of para-hydroxylation sites is 2. The van der Waals surface area contributed by atoms with Crippen LogP contribution in [-0.4, -0.2) is 59.8 Å². The Balaban J connectivity index is 1.57. The SMILES string of the molecule is CCNC(=NCCCN1C(=O)COc2ccccc21)N(C)Cc1cnn(C)c1. The Bertz CT molecular complexity index is 832. The minimum Gasteiger partial charge on any atom is -0.482 e. The number of aryl methyl sites for hydroxylation is 1. The topological polar surface area (TPSA) is 75.0 Å². The second-order valence-corrected chi connectivity index (χ2v) is 6.77. The quantitative estimate of drug-likeness (QED) is 0.446. The van der Waals surface area contributed by atoms with Crippen molar-refractivity contribution in [3.63, 3.8) is 0 Å². The number of fused-ring (bicyclic) bond motifs is 1. The summed E-state index contributed by atoms with van der Waals surface area (Å²) in [5.41, 5.74) is 1.97. The van der Waals surface area contributed by atoms with E-state index in [9.17, 15) is 4.79 Å². The van der Waals surface area contributed by atoms with Gasteiger partial charge in [0.25, 0.3) is 5.91 Å². The van der Waals surface area contributed by atoms with Gasteiger partial charge in [0.1, 0.15) is 5.75 Å². The largest absolute Gasteiger partial charge is 0.482 e. The van der Waals surface area contributed by atoms with E-state index in [4.69, 9.17) is 9.73 Å². The highest BCUT2D eigenvalue weighted by atomic mass is 16.5. The van der Waals surface area contributed by atoms with Crippen molar-refractivity contribution >= 4 is 17.6 Å². The van der Waals surface area contributed by atoms with Crippen LogP contribution in [0.2, 0.25) is 0 Å². The number of hydrogen-bond donors (Lipinski definition) is 1. The molecular formula is C20H28N6O2. The van der Waals surface area contributed by atoms with E-state index in [1.807, 2.05) is 50.8 Å². The molecule has 1 N–H and O–H groups in total. The summed E-state index contributed by atoms with van der Waals surface area (Å²) in [6.07, 6.45) is 4.64. The zero-order valence-corrected chi connectivity index (χ0v) is 16.8. The Morgan fingerprint density at radius 3 is 2.96 bits per heavy atom. The van der Waals surface area contributed by atoms with Gasteiger partial charge in [-0.15, -0.1) is 0 Å². The molecule has 2 aromatic rings. The molecule has 0 spiro atoms. The number of rotatable bonds is 7. The molecule has 28 heavy (non-hydrogen) atoms. The van der Waals surface area contributed by atoms with Crippen LogP contribution >= 0.6 is 0 Å². The average Bonchev–Trinajstić information content (AvgIpc) is 3.10. The van der Waals surface area contributed by atoms with Crippen molar-refractivity contribution in [2.24, 2.45) is 12.0 Å². The lowest BCUT2D eigenvalue weighted by Crippen LogP contribution is -2.40. The maximum Gasteiger partial charge on any atom is 0.265 e. The number of carbonyl (C=O) groups excluding carboxylic acids is 1. The Labute approximate surface area is 165 Å². The Morgan fingerprint density at radius 2 is 2.21 bits per heavy atom. The minimum atomic E-state index is -0.0109. The van der Waals surface area contributed by atoms with Crippen molar-refractivity contribution in [1.82, 2.24) is 20.0 Å². The van der Waals surface area contributed by atoms with Crippen LogP contribution < -0.4 is 15.0 Å². The first-order valence-electron chi connectivity index (χ1n) is 9.57. The molecular weight excluding hydrogens is 356 g/mol. The van der Waals surface area contributed by atoms with Crippen molar-refractivity contribution in [3.05, 3.63) is 42.2 Å². The van der Waals surface area contributed by atoms with Gasteiger partial charge in [-0.25, -0.2) is 0 Å². The molecule has 0 atom stereocenters. The van der Waals surface area contributed by atoms with Crippen molar-refractivity contribution in [2.75, 3.05) is 38.2 Å². The molecule has 0 aliphatic carbocycles. The third kappa shape index (κ3) is 4.82. The summed E-state index contributed by atoms with van der Waals surface area (Å²) in [4.78, 5) is 20.8. The van der Waals surface area contributed by atoms with Gasteiger partial charge in [0.2, 0.25) is 0 Å². The van der Waals surface area contributed by atoms with E-state index in [1.165, 1.54) is 0 Å². The Hall–Kier alpha value is -3.03. The third-order valence-electron chi connectivity index (χ3n) is 4.48. The summed E-state index contributed by atoms with van der Waals surface area (Å²) in [6.45, 7) is 4.93. The van der Waals surface area contributed by atoms with Crippen molar-refractivity contribution in [2.45, 2.75) is 19.9 Å². The average molecular weight is 384 g/mol. The highest BCUT2D eigenvalue weighted by Gasteiger charge is 2.24. The maximum atomic E-state index is 12.2. The molecule has 1 aliphatic rings. The van der Waals surface area contributed by atoms with E-state index in [0.29, 0.717) is 13.1 Å². The summed E-state index contributed by atoms with van der Waals surface area (Å²) in [5.74, 6) is 1.60. The first-order chi connectivity index (χ1) is 13.6. The highest BCUT2D eigenvalue weighted by molar-refractivity contribution is 5.97. The number of hydrogen-bond acceptors (Lipinski definition) is 4. The number of nitrogens with one attached hydrogen (secondary N) is 1. The van der Waals surface area contributed by atoms with Gasteiger partial charge in [-0.2, -0.15) is 5.10 Å². The van der Waals surface area contributed by atoms with Gasteiger partial charge in [-0.1, -0.05) is 12.1 Å². The fourth-order valence-corrected chi connectivity index (χ4v) is 3.18. The summed E-state index contributed by atoms with van der Waals surface area (Å²) in [5, 5.41) is 7.53. The molecule has 2 heterocycles.